The Morgan fingerprint density at radius 2 is 1.00 bits per heavy atom. The van der Waals surface area contributed by atoms with Gasteiger partial charge in [0.05, 0.1) is 0 Å². The number of rotatable bonds is 0. The van der Waals surface area contributed by atoms with Crippen LogP contribution in [0.5, 0.6) is 0 Å². The van der Waals surface area contributed by atoms with Gasteiger partial charge < -0.3 is 0 Å². The van der Waals surface area contributed by atoms with E-state index in [2.05, 4.69) is 0 Å². The molecule has 0 aromatic rings. The Kier molecular flexibility index (Phi) is 4.11. The van der Waals surface area contributed by atoms with Crippen LogP contribution in [0.4, 0.5) is 0 Å². The van der Waals surface area contributed by atoms with E-state index in [1.165, 1.54) is 32.1 Å². The van der Waals surface area contributed by atoms with Crippen LogP contribution in [0.3, 0.4) is 0 Å². The van der Waals surface area contributed by atoms with E-state index in [1.54, 1.807) is 25.7 Å². The zero-order chi connectivity index (χ0) is 8.86. The van der Waals surface area contributed by atoms with Crippen LogP contribution in [0.2, 0.25) is 0 Å². The maximum absolute atomic E-state index is 2.00. The summed E-state index contributed by atoms with van der Waals surface area (Å²) < 4.78 is 0. The summed E-state index contributed by atoms with van der Waals surface area (Å²) in [4.78, 5) is 0. The molecule has 0 aromatic carbocycles. The van der Waals surface area contributed by atoms with Crippen LogP contribution < -0.4 is 0 Å². The van der Waals surface area contributed by atoms with Crippen molar-refractivity contribution in [3.05, 3.63) is 0 Å². The van der Waals surface area contributed by atoms with Crippen LogP contribution in [-0.4, -0.2) is 0 Å². The average molecular weight is 168 g/mol. The van der Waals surface area contributed by atoms with E-state index >= 15 is 0 Å². The van der Waals surface area contributed by atoms with Gasteiger partial charge in [0.25, 0.3) is 0 Å². The minimum Gasteiger partial charge on any atom is -0.0683 e. The lowest BCUT2D eigenvalue weighted by molar-refractivity contribution is 0.110. The second-order valence-corrected chi connectivity index (χ2v) is 4.27. The summed E-state index contributed by atoms with van der Waals surface area (Å²) >= 11 is 0. The Morgan fingerprint density at radius 3 is 1.33 bits per heavy atom. The molecule has 2 fully saturated rings. The average Bonchev–Trinajstić information content (AvgIpc) is 2.31. The van der Waals surface area contributed by atoms with Crippen molar-refractivity contribution in [2.75, 3.05) is 0 Å². The standard InChI is InChI=1S/C10H18.C2H6/c1-2-4-7-10(6-3-1)8-5-9-10;1-2/h1-9H2;1-2H3. The third kappa shape index (κ3) is 2.24. The molecule has 12 heavy (non-hydrogen) atoms. The van der Waals surface area contributed by atoms with Crippen molar-refractivity contribution in [2.24, 2.45) is 5.41 Å². The molecule has 2 rings (SSSR count). The molecule has 0 saturated heterocycles. The molecule has 0 unspecified atom stereocenters. The molecule has 2 aliphatic carbocycles. The lowest BCUT2D eigenvalue weighted by Crippen LogP contribution is -2.28. The van der Waals surface area contributed by atoms with Gasteiger partial charge >= 0.3 is 0 Å². The normalized spacial score (nSPS) is 26.5. The largest absolute Gasteiger partial charge is 0.0683 e. The van der Waals surface area contributed by atoms with Gasteiger partial charge in [-0.3, -0.25) is 0 Å². The van der Waals surface area contributed by atoms with E-state index in [0.717, 1.165) is 5.41 Å². The third-order valence-corrected chi connectivity index (χ3v) is 3.58. The molecule has 0 heterocycles. The minimum absolute atomic E-state index is 0.885. The van der Waals surface area contributed by atoms with E-state index in [0.29, 0.717) is 0 Å². The first-order valence-corrected chi connectivity index (χ1v) is 5.91. The maximum atomic E-state index is 2.00. The van der Waals surface area contributed by atoms with Gasteiger partial charge in [-0.2, -0.15) is 0 Å². The van der Waals surface area contributed by atoms with Gasteiger partial charge in [-0.1, -0.05) is 46.0 Å². The fourth-order valence-corrected chi connectivity index (χ4v) is 2.66. The Bertz CT molecular complexity index is 101. The summed E-state index contributed by atoms with van der Waals surface area (Å²) in [5.41, 5.74) is 0.885. The van der Waals surface area contributed by atoms with Gasteiger partial charge in [0.1, 0.15) is 0 Å². The van der Waals surface area contributed by atoms with Gasteiger partial charge in [-0.05, 0) is 31.1 Å². The molecule has 0 nitrogen and oxygen atoms in total. The first-order valence-electron chi connectivity index (χ1n) is 5.91. The zero-order valence-electron chi connectivity index (χ0n) is 8.86. The summed E-state index contributed by atoms with van der Waals surface area (Å²) in [6.45, 7) is 4.00. The van der Waals surface area contributed by atoms with Crippen LogP contribution in [0.1, 0.15) is 71.6 Å². The molecule has 0 atom stereocenters. The van der Waals surface area contributed by atoms with E-state index in [-0.39, 0.29) is 0 Å². The number of hydrogen-bond acceptors (Lipinski definition) is 0. The Balaban J connectivity index is 0.000000336. The second-order valence-electron chi connectivity index (χ2n) is 4.27. The van der Waals surface area contributed by atoms with Crippen molar-refractivity contribution in [1.29, 1.82) is 0 Å². The molecule has 2 aliphatic rings. The molecule has 1 spiro atoms. The van der Waals surface area contributed by atoms with Crippen LogP contribution in [0.25, 0.3) is 0 Å². The Morgan fingerprint density at radius 1 is 0.583 bits per heavy atom. The van der Waals surface area contributed by atoms with Crippen molar-refractivity contribution in [1.82, 2.24) is 0 Å². The molecule has 0 heteroatoms. The van der Waals surface area contributed by atoms with Crippen LogP contribution in [0, 0.1) is 5.41 Å². The van der Waals surface area contributed by atoms with E-state index in [9.17, 15) is 0 Å². The monoisotopic (exact) mass is 168 g/mol. The third-order valence-electron chi connectivity index (χ3n) is 3.58. The zero-order valence-corrected chi connectivity index (χ0v) is 8.86. The lowest BCUT2D eigenvalue weighted by atomic mass is 9.64. The molecule has 0 aliphatic heterocycles. The van der Waals surface area contributed by atoms with Crippen molar-refractivity contribution in [2.45, 2.75) is 71.6 Å². The van der Waals surface area contributed by atoms with Crippen molar-refractivity contribution in [3.8, 4) is 0 Å². The lowest BCUT2D eigenvalue weighted by Gasteiger charge is -2.41. The second kappa shape index (κ2) is 4.89. The summed E-state index contributed by atoms with van der Waals surface area (Å²) in [6, 6.07) is 0. The maximum Gasteiger partial charge on any atom is -0.0297 e. The van der Waals surface area contributed by atoms with Crippen LogP contribution in [-0.2, 0) is 0 Å². The molecular formula is C12H24. The predicted octanol–water partition coefficient (Wildman–Crippen LogP) is 4.54. The minimum atomic E-state index is 0.885. The first-order chi connectivity index (χ1) is 5.91. The van der Waals surface area contributed by atoms with Crippen molar-refractivity contribution >= 4 is 0 Å². The van der Waals surface area contributed by atoms with E-state index < -0.39 is 0 Å². The van der Waals surface area contributed by atoms with Gasteiger partial charge in [0, 0.05) is 0 Å². The van der Waals surface area contributed by atoms with Gasteiger partial charge in [0.15, 0.2) is 0 Å². The molecule has 2 saturated carbocycles. The highest BCUT2D eigenvalue weighted by Gasteiger charge is 2.36. The summed E-state index contributed by atoms with van der Waals surface area (Å²) in [5, 5.41) is 0. The molecule has 0 amide bonds. The van der Waals surface area contributed by atoms with Crippen molar-refractivity contribution < 1.29 is 0 Å². The first kappa shape index (κ1) is 10.1. The topological polar surface area (TPSA) is 0 Å². The van der Waals surface area contributed by atoms with Gasteiger partial charge in [-0.25, -0.2) is 0 Å². The quantitative estimate of drug-likeness (QED) is 0.498. The summed E-state index contributed by atoms with van der Waals surface area (Å²) in [6.07, 6.45) is 13.9. The Labute approximate surface area is 77.7 Å². The highest BCUT2D eigenvalue weighted by Crippen LogP contribution is 2.50. The Hall–Kier alpha value is 0. The fourth-order valence-electron chi connectivity index (χ4n) is 2.66. The van der Waals surface area contributed by atoms with Crippen LogP contribution in [0.15, 0.2) is 0 Å². The SMILES string of the molecule is C1CCCC2(CC1)CCC2.CC. The van der Waals surface area contributed by atoms with Crippen LogP contribution >= 0.6 is 0 Å². The highest BCUT2D eigenvalue weighted by molar-refractivity contribution is 4.88. The van der Waals surface area contributed by atoms with E-state index in [1.807, 2.05) is 13.8 Å². The van der Waals surface area contributed by atoms with Crippen molar-refractivity contribution in [3.63, 3.8) is 0 Å². The highest BCUT2D eigenvalue weighted by atomic mass is 14.4. The fraction of sp³-hybridized carbons (Fsp3) is 1.00. The molecule has 0 radical (unpaired) electrons. The van der Waals surface area contributed by atoms with Gasteiger partial charge in [-0.15, -0.1) is 0 Å². The number of hydrogen-bond donors (Lipinski definition) is 0. The molecule has 0 N–H and O–H groups in total. The predicted molar refractivity (Wildman–Crippen MR) is 55.3 cm³/mol. The molecule has 0 bridgehead atoms. The summed E-state index contributed by atoms with van der Waals surface area (Å²) in [7, 11) is 0. The van der Waals surface area contributed by atoms with E-state index in [4.69, 9.17) is 0 Å². The van der Waals surface area contributed by atoms with Gasteiger partial charge in [0.2, 0.25) is 0 Å². The molecular weight excluding hydrogens is 144 g/mol. The smallest absolute Gasteiger partial charge is 0.0297 e. The summed E-state index contributed by atoms with van der Waals surface area (Å²) in [5.74, 6) is 0. The molecule has 72 valence electrons. The molecule has 0 aromatic heterocycles.